The maximum atomic E-state index is 12.1. The molecule has 2 aromatic rings. The molecule has 2 rings (SSSR count). The van der Waals surface area contributed by atoms with Crippen LogP contribution in [0.5, 0.6) is 0 Å². The minimum absolute atomic E-state index is 0.0679. The Morgan fingerprint density at radius 1 is 1.05 bits per heavy atom. The van der Waals surface area contributed by atoms with Gasteiger partial charge < -0.3 is 5.32 Å². The van der Waals surface area contributed by atoms with Crippen molar-refractivity contribution in [3.63, 3.8) is 0 Å². The summed E-state index contributed by atoms with van der Waals surface area (Å²) in [5, 5.41) is 4.11. The highest BCUT2D eigenvalue weighted by Gasteiger charge is 2.15. The summed E-state index contributed by atoms with van der Waals surface area (Å²) in [6.45, 7) is 2.10. The lowest BCUT2D eigenvalue weighted by Crippen LogP contribution is -2.09. The Bertz CT molecular complexity index is 745. The summed E-state index contributed by atoms with van der Waals surface area (Å²) >= 11 is 11.8. The first-order valence-electron chi connectivity index (χ1n) is 6.43. The van der Waals surface area contributed by atoms with Gasteiger partial charge in [0.25, 0.3) is 0 Å². The third-order valence-corrected chi connectivity index (χ3v) is 5.59. The molecule has 2 aromatic carbocycles. The van der Waals surface area contributed by atoms with Gasteiger partial charge in [-0.2, -0.15) is 0 Å². The van der Waals surface area contributed by atoms with Crippen LogP contribution in [0, 0.1) is 0 Å². The Balaban J connectivity index is 2.23. The monoisotopic (exact) mass is 343 g/mol. The summed E-state index contributed by atoms with van der Waals surface area (Å²) in [6.07, 6.45) is 0. The molecule has 0 saturated heterocycles. The molecule has 0 aliphatic carbocycles. The van der Waals surface area contributed by atoms with Crippen molar-refractivity contribution < 1.29 is 8.42 Å². The average molecular weight is 344 g/mol. The lowest BCUT2D eigenvalue weighted by Gasteiger charge is -2.12. The fourth-order valence-corrected chi connectivity index (χ4v) is 3.28. The van der Waals surface area contributed by atoms with Crippen molar-refractivity contribution in [2.24, 2.45) is 0 Å². The van der Waals surface area contributed by atoms with E-state index < -0.39 is 9.84 Å². The summed E-state index contributed by atoms with van der Waals surface area (Å²) in [5.74, 6) is 0.0679. The number of hydrogen-bond acceptors (Lipinski definition) is 3. The summed E-state index contributed by atoms with van der Waals surface area (Å²) in [4.78, 5) is 0.313. The maximum Gasteiger partial charge on any atom is 0.180 e. The van der Waals surface area contributed by atoms with E-state index >= 15 is 0 Å². The van der Waals surface area contributed by atoms with Crippen molar-refractivity contribution in [1.82, 2.24) is 0 Å². The van der Waals surface area contributed by atoms with Crippen LogP contribution in [0.1, 0.15) is 12.5 Å². The zero-order valence-corrected chi connectivity index (χ0v) is 13.8. The van der Waals surface area contributed by atoms with E-state index in [4.69, 9.17) is 23.2 Å². The first-order chi connectivity index (χ1) is 9.94. The van der Waals surface area contributed by atoms with Crippen LogP contribution in [0.25, 0.3) is 0 Å². The minimum atomic E-state index is -3.26. The van der Waals surface area contributed by atoms with Crippen LogP contribution in [0.3, 0.4) is 0 Å². The van der Waals surface area contributed by atoms with E-state index in [1.54, 1.807) is 43.3 Å². The van der Waals surface area contributed by atoms with E-state index in [1.807, 2.05) is 6.07 Å². The number of benzene rings is 2. The van der Waals surface area contributed by atoms with E-state index in [0.717, 1.165) is 5.56 Å². The topological polar surface area (TPSA) is 46.2 Å². The van der Waals surface area contributed by atoms with Crippen molar-refractivity contribution >= 4 is 38.7 Å². The van der Waals surface area contributed by atoms with Crippen molar-refractivity contribution in [1.29, 1.82) is 0 Å². The van der Waals surface area contributed by atoms with Crippen LogP contribution in [-0.2, 0) is 16.4 Å². The van der Waals surface area contributed by atoms with Crippen LogP contribution in [-0.4, -0.2) is 14.2 Å². The molecule has 112 valence electrons. The molecule has 0 aromatic heterocycles. The van der Waals surface area contributed by atoms with Crippen molar-refractivity contribution in [2.75, 3.05) is 11.1 Å². The molecule has 0 radical (unpaired) electrons. The average Bonchev–Trinajstić information content (AvgIpc) is 2.49. The number of halogens is 2. The lowest BCUT2D eigenvalue weighted by atomic mass is 10.2. The highest BCUT2D eigenvalue weighted by Crippen LogP contribution is 2.25. The van der Waals surface area contributed by atoms with E-state index in [9.17, 15) is 8.42 Å². The smallest absolute Gasteiger partial charge is 0.180 e. The van der Waals surface area contributed by atoms with Gasteiger partial charge in [-0.3, -0.25) is 0 Å². The molecule has 6 heteroatoms. The van der Waals surface area contributed by atoms with Gasteiger partial charge in [-0.05, 0) is 29.8 Å². The van der Waals surface area contributed by atoms with Gasteiger partial charge in [-0.25, -0.2) is 8.42 Å². The van der Waals surface area contributed by atoms with Crippen LogP contribution in [0.15, 0.2) is 47.4 Å². The van der Waals surface area contributed by atoms with Gasteiger partial charge in [0, 0.05) is 6.54 Å². The molecule has 0 bridgehead atoms. The van der Waals surface area contributed by atoms with Crippen LogP contribution in [0.2, 0.25) is 10.0 Å². The molecule has 0 fully saturated rings. The third-order valence-electron chi connectivity index (χ3n) is 3.07. The molecule has 0 spiro atoms. The van der Waals surface area contributed by atoms with Gasteiger partial charge in [0.2, 0.25) is 0 Å². The Hall–Kier alpha value is -1.23. The molecule has 21 heavy (non-hydrogen) atoms. The molecule has 0 saturated carbocycles. The molecule has 3 nitrogen and oxygen atoms in total. The molecular weight excluding hydrogens is 329 g/mol. The number of hydrogen-bond donors (Lipinski definition) is 1. The largest absolute Gasteiger partial charge is 0.380 e. The molecule has 0 unspecified atom stereocenters. The highest BCUT2D eigenvalue weighted by molar-refractivity contribution is 7.91. The Morgan fingerprint density at radius 3 is 2.43 bits per heavy atom. The molecule has 1 N–H and O–H groups in total. The van der Waals surface area contributed by atoms with Crippen molar-refractivity contribution in [3.8, 4) is 0 Å². The SMILES string of the molecule is CCS(=O)(=O)c1ccccc1NCc1ccc(Cl)c(Cl)c1. The zero-order valence-electron chi connectivity index (χ0n) is 11.4. The standard InChI is InChI=1S/C15H15Cl2NO2S/c1-2-21(19,20)15-6-4-3-5-14(15)18-10-11-7-8-12(16)13(17)9-11/h3-9,18H,2,10H2,1H3. The number of anilines is 1. The van der Waals surface area contributed by atoms with Crippen LogP contribution < -0.4 is 5.32 Å². The zero-order chi connectivity index (χ0) is 15.5. The number of rotatable bonds is 5. The predicted molar refractivity (Wildman–Crippen MR) is 88.0 cm³/mol. The normalized spacial score (nSPS) is 11.4. The Morgan fingerprint density at radius 2 is 1.76 bits per heavy atom. The van der Waals surface area contributed by atoms with Crippen LogP contribution in [0.4, 0.5) is 5.69 Å². The quantitative estimate of drug-likeness (QED) is 0.875. The van der Waals surface area contributed by atoms with Crippen molar-refractivity contribution in [3.05, 3.63) is 58.1 Å². The van der Waals surface area contributed by atoms with Gasteiger partial charge in [0.15, 0.2) is 9.84 Å². The van der Waals surface area contributed by atoms with E-state index in [-0.39, 0.29) is 5.75 Å². The third kappa shape index (κ3) is 3.90. The first-order valence-corrected chi connectivity index (χ1v) is 8.84. The number of nitrogens with one attached hydrogen (secondary N) is 1. The van der Waals surface area contributed by atoms with Gasteiger partial charge in [-0.15, -0.1) is 0 Å². The molecule has 0 aliphatic heterocycles. The van der Waals surface area contributed by atoms with Gasteiger partial charge >= 0.3 is 0 Å². The van der Waals surface area contributed by atoms with E-state index in [1.165, 1.54) is 0 Å². The molecular formula is C15H15Cl2NO2S. The number of para-hydroxylation sites is 1. The van der Waals surface area contributed by atoms with E-state index in [2.05, 4.69) is 5.32 Å². The predicted octanol–water partition coefficient (Wildman–Crippen LogP) is 4.40. The maximum absolute atomic E-state index is 12.1. The second kappa shape index (κ2) is 6.69. The summed E-state index contributed by atoms with van der Waals surface area (Å²) in [6, 6.07) is 12.2. The fourth-order valence-electron chi connectivity index (χ4n) is 1.89. The van der Waals surface area contributed by atoms with Crippen LogP contribution >= 0.6 is 23.2 Å². The molecule has 0 aliphatic rings. The summed E-state index contributed by atoms with van der Waals surface area (Å²) in [5.41, 5.74) is 1.51. The molecule has 0 heterocycles. The molecule has 0 amide bonds. The second-order valence-electron chi connectivity index (χ2n) is 4.50. The lowest BCUT2D eigenvalue weighted by molar-refractivity contribution is 0.597. The fraction of sp³-hybridized carbons (Fsp3) is 0.200. The second-order valence-corrected chi connectivity index (χ2v) is 7.56. The number of sulfone groups is 1. The summed E-state index contributed by atoms with van der Waals surface area (Å²) in [7, 11) is -3.26. The Kier molecular flexibility index (Phi) is 5.14. The van der Waals surface area contributed by atoms with Gasteiger partial charge in [0.1, 0.15) is 0 Å². The summed E-state index contributed by atoms with van der Waals surface area (Å²) < 4.78 is 24.1. The highest BCUT2D eigenvalue weighted by atomic mass is 35.5. The Labute approximate surface area is 134 Å². The van der Waals surface area contributed by atoms with Crippen molar-refractivity contribution in [2.45, 2.75) is 18.4 Å². The van der Waals surface area contributed by atoms with Gasteiger partial charge in [-0.1, -0.05) is 48.3 Å². The first kappa shape index (κ1) is 16.1. The van der Waals surface area contributed by atoms with Gasteiger partial charge in [0.05, 0.1) is 26.4 Å². The molecule has 0 atom stereocenters. The van der Waals surface area contributed by atoms with E-state index in [0.29, 0.717) is 27.2 Å². The minimum Gasteiger partial charge on any atom is -0.380 e.